The van der Waals surface area contributed by atoms with Gasteiger partial charge in [0.2, 0.25) is 0 Å². The van der Waals surface area contributed by atoms with Gasteiger partial charge in [-0.3, -0.25) is 4.79 Å². The normalized spacial score (nSPS) is 11.3. The summed E-state index contributed by atoms with van der Waals surface area (Å²) in [5.74, 6) is 0.429. The van der Waals surface area contributed by atoms with E-state index in [0.29, 0.717) is 28.0 Å². The molecule has 0 aliphatic rings. The molecule has 22 heavy (non-hydrogen) atoms. The molecule has 0 aliphatic heterocycles. The molecule has 0 atom stereocenters. The lowest BCUT2D eigenvalue weighted by Crippen LogP contribution is -2.02. The summed E-state index contributed by atoms with van der Waals surface area (Å²) in [5.41, 5.74) is 2.60. The Morgan fingerprint density at radius 3 is 2.95 bits per heavy atom. The number of benzene rings is 1. The van der Waals surface area contributed by atoms with Crippen LogP contribution in [0.3, 0.4) is 0 Å². The highest BCUT2D eigenvalue weighted by atomic mass is 16.3. The summed E-state index contributed by atoms with van der Waals surface area (Å²) in [6.45, 7) is -0.108. The SMILES string of the molecule is O=c1cc(-c2cc3cccn3cn2)oc2ccc(CO)cc12. The van der Waals surface area contributed by atoms with Crippen molar-refractivity contribution in [3.63, 3.8) is 0 Å². The van der Waals surface area contributed by atoms with E-state index in [9.17, 15) is 4.79 Å². The summed E-state index contributed by atoms with van der Waals surface area (Å²) in [6, 6.07) is 12.3. The van der Waals surface area contributed by atoms with Crippen molar-refractivity contribution in [3.8, 4) is 11.5 Å². The van der Waals surface area contributed by atoms with Gasteiger partial charge >= 0.3 is 0 Å². The lowest BCUT2D eigenvalue weighted by Gasteiger charge is -2.04. The van der Waals surface area contributed by atoms with Crippen LogP contribution in [0.1, 0.15) is 5.56 Å². The molecular weight excluding hydrogens is 280 g/mol. The van der Waals surface area contributed by atoms with Gasteiger partial charge in [0.25, 0.3) is 0 Å². The molecule has 0 bridgehead atoms. The quantitative estimate of drug-likeness (QED) is 0.616. The molecule has 4 rings (SSSR count). The van der Waals surface area contributed by atoms with E-state index in [2.05, 4.69) is 4.98 Å². The van der Waals surface area contributed by atoms with E-state index >= 15 is 0 Å². The number of aromatic nitrogens is 2. The van der Waals surface area contributed by atoms with Crippen LogP contribution in [0.2, 0.25) is 0 Å². The minimum Gasteiger partial charge on any atom is -0.454 e. The Kier molecular flexibility index (Phi) is 2.80. The number of fused-ring (bicyclic) bond motifs is 2. The molecule has 0 amide bonds. The molecule has 5 heteroatoms. The van der Waals surface area contributed by atoms with Crippen LogP contribution in [0.15, 0.2) is 64.2 Å². The first-order valence-electron chi connectivity index (χ1n) is 6.85. The molecule has 1 aromatic carbocycles. The Morgan fingerprint density at radius 1 is 1.18 bits per heavy atom. The monoisotopic (exact) mass is 292 g/mol. The van der Waals surface area contributed by atoms with Gasteiger partial charge in [0.05, 0.1) is 18.3 Å². The number of rotatable bonds is 2. The van der Waals surface area contributed by atoms with Gasteiger partial charge in [0.1, 0.15) is 11.3 Å². The van der Waals surface area contributed by atoms with Crippen LogP contribution in [0, 0.1) is 0 Å². The highest BCUT2D eigenvalue weighted by Crippen LogP contribution is 2.22. The van der Waals surface area contributed by atoms with Crippen LogP contribution >= 0.6 is 0 Å². The molecule has 1 N–H and O–H groups in total. The standard InChI is InChI=1S/C17H12N2O3/c20-9-11-3-4-16-13(6-11)15(21)8-17(22-16)14-7-12-2-1-5-19(12)10-18-14/h1-8,10,20H,9H2. The lowest BCUT2D eigenvalue weighted by atomic mass is 10.1. The van der Waals surface area contributed by atoms with E-state index < -0.39 is 0 Å². The van der Waals surface area contributed by atoms with Gasteiger partial charge in [-0.1, -0.05) is 6.07 Å². The Labute approximate surface area is 125 Å². The minimum atomic E-state index is -0.149. The third-order valence-corrected chi connectivity index (χ3v) is 3.64. The fraction of sp³-hybridized carbons (Fsp3) is 0.0588. The van der Waals surface area contributed by atoms with Crippen molar-refractivity contribution in [2.75, 3.05) is 0 Å². The highest BCUT2D eigenvalue weighted by molar-refractivity contribution is 5.79. The zero-order chi connectivity index (χ0) is 15.1. The zero-order valence-corrected chi connectivity index (χ0v) is 11.6. The van der Waals surface area contributed by atoms with E-state index in [1.165, 1.54) is 6.07 Å². The Hall–Kier alpha value is -2.92. The summed E-state index contributed by atoms with van der Waals surface area (Å²) < 4.78 is 7.69. The fourth-order valence-electron chi connectivity index (χ4n) is 2.50. The molecule has 0 unspecified atom stereocenters. The van der Waals surface area contributed by atoms with Crippen LogP contribution in [-0.4, -0.2) is 14.5 Å². The molecule has 0 saturated carbocycles. The van der Waals surface area contributed by atoms with E-state index in [4.69, 9.17) is 9.52 Å². The van der Waals surface area contributed by atoms with Gasteiger partial charge in [0.15, 0.2) is 11.2 Å². The van der Waals surface area contributed by atoms with Crippen molar-refractivity contribution in [1.29, 1.82) is 0 Å². The first-order valence-corrected chi connectivity index (χ1v) is 6.85. The molecule has 5 nitrogen and oxygen atoms in total. The van der Waals surface area contributed by atoms with Crippen molar-refractivity contribution >= 4 is 16.5 Å². The summed E-state index contributed by atoms with van der Waals surface area (Å²) in [7, 11) is 0. The highest BCUT2D eigenvalue weighted by Gasteiger charge is 2.09. The first-order chi connectivity index (χ1) is 10.7. The summed E-state index contributed by atoms with van der Waals surface area (Å²) in [4.78, 5) is 16.6. The number of hydrogen-bond donors (Lipinski definition) is 1. The molecule has 0 spiro atoms. The van der Waals surface area contributed by atoms with Gasteiger partial charge < -0.3 is 13.9 Å². The second kappa shape index (κ2) is 4.82. The van der Waals surface area contributed by atoms with Crippen LogP contribution < -0.4 is 5.43 Å². The Bertz CT molecular complexity index is 1050. The predicted molar refractivity (Wildman–Crippen MR) is 82.6 cm³/mol. The molecule has 3 heterocycles. The van der Waals surface area contributed by atoms with Crippen molar-refractivity contribution in [2.24, 2.45) is 0 Å². The molecule has 4 aromatic rings. The van der Waals surface area contributed by atoms with Crippen molar-refractivity contribution in [1.82, 2.24) is 9.38 Å². The second-order valence-corrected chi connectivity index (χ2v) is 5.08. The molecule has 0 aliphatic carbocycles. The molecular formula is C17H12N2O3. The molecule has 3 aromatic heterocycles. The van der Waals surface area contributed by atoms with E-state index in [-0.39, 0.29) is 12.0 Å². The zero-order valence-electron chi connectivity index (χ0n) is 11.6. The van der Waals surface area contributed by atoms with Crippen LogP contribution in [-0.2, 0) is 6.61 Å². The smallest absolute Gasteiger partial charge is 0.193 e. The van der Waals surface area contributed by atoms with Gasteiger partial charge in [-0.25, -0.2) is 4.98 Å². The number of nitrogens with zero attached hydrogens (tertiary/aromatic N) is 2. The van der Waals surface area contributed by atoms with Crippen molar-refractivity contribution < 1.29 is 9.52 Å². The number of hydrogen-bond acceptors (Lipinski definition) is 4. The largest absolute Gasteiger partial charge is 0.454 e. The third kappa shape index (κ3) is 1.99. The number of aliphatic hydroxyl groups excluding tert-OH is 1. The Balaban J connectivity index is 1.93. The van der Waals surface area contributed by atoms with Gasteiger partial charge in [-0.2, -0.15) is 0 Å². The molecule has 108 valence electrons. The van der Waals surface area contributed by atoms with Gasteiger partial charge in [-0.15, -0.1) is 0 Å². The summed E-state index contributed by atoms with van der Waals surface area (Å²) >= 11 is 0. The van der Waals surface area contributed by atoms with Gasteiger partial charge in [-0.05, 0) is 35.9 Å². The maximum Gasteiger partial charge on any atom is 0.193 e. The van der Waals surface area contributed by atoms with Crippen LogP contribution in [0.5, 0.6) is 0 Å². The van der Waals surface area contributed by atoms with Crippen molar-refractivity contribution in [2.45, 2.75) is 6.61 Å². The van der Waals surface area contributed by atoms with Gasteiger partial charge in [0, 0.05) is 17.8 Å². The van der Waals surface area contributed by atoms with E-state index in [1.54, 1.807) is 24.5 Å². The lowest BCUT2D eigenvalue weighted by molar-refractivity contribution is 0.282. The summed E-state index contributed by atoms with van der Waals surface area (Å²) in [5, 5.41) is 9.61. The Morgan fingerprint density at radius 2 is 2.09 bits per heavy atom. The fourth-order valence-corrected chi connectivity index (χ4v) is 2.50. The predicted octanol–water partition coefficient (Wildman–Crippen LogP) is 2.60. The summed E-state index contributed by atoms with van der Waals surface area (Å²) in [6.07, 6.45) is 3.59. The van der Waals surface area contributed by atoms with E-state index in [0.717, 1.165) is 5.52 Å². The molecule has 0 saturated heterocycles. The van der Waals surface area contributed by atoms with Crippen LogP contribution in [0.4, 0.5) is 0 Å². The first kappa shape index (κ1) is 12.8. The van der Waals surface area contributed by atoms with E-state index in [1.807, 2.05) is 28.8 Å². The topological polar surface area (TPSA) is 67.7 Å². The minimum absolute atomic E-state index is 0.108. The molecule has 0 fully saturated rings. The average molecular weight is 292 g/mol. The maximum atomic E-state index is 12.3. The molecule has 0 radical (unpaired) electrons. The van der Waals surface area contributed by atoms with Crippen LogP contribution in [0.25, 0.3) is 27.9 Å². The van der Waals surface area contributed by atoms with Crippen molar-refractivity contribution in [3.05, 3.63) is 70.8 Å². The second-order valence-electron chi connectivity index (χ2n) is 5.08. The number of aliphatic hydroxyl groups is 1. The third-order valence-electron chi connectivity index (χ3n) is 3.64. The maximum absolute atomic E-state index is 12.3. The average Bonchev–Trinajstić information content (AvgIpc) is 3.02.